The van der Waals surface area contributed by atoms with Crippen molar-refractivity contribution in [3.63, 3.8) is 0 Å². The van der Waals surface area contributed by atoms with Crippen LogP contribution in [0.25, 0.3) is 16.6 Å². The summed E-state index contributed by atoms with van der Waals surface area (Å²) in [5, 5.41) is 49.3. The lowest BCUT2D eigenvalue weighted by atomic mass is 9.57. The Hall–Kier alpha value is -6.48. The highest BCUT2D eigenvalue weighted by atomic mass is 16.5. The summed E-state index contributed by atoms with van der Waals surface area (Å²) in [5.41, 5.74) is 17.3. The number of phenols is 3. The lowest BCUT2D eigenvalue weighted by Crippen LogP contribution is -2.47. The van der Waals surface area contributed by atoms with Gasteiger partial charge in [0.2, 0.25) is 0 Å². The maximum Gasteiger partial charge on any atom is 0.161 e. The van der Waals surface area contributed by atoms with Crippen LogP contribution >= 0.6 is 0 Å². The van der Waals surface area contributed by atoms with Crippen molar-refractivity contribution in [3.8, 4) is 34.8 Å². The van der Waals surface area contributed by atoms with E-state index in [1.807, 2.05) is 36.4 Å². The second-order valence-corrected chi connectivity index (χ2v) is 20.3. The molecule has 10 heteroatoms. The Bertz CT molecular complexity index is 3050. The minimum absolute atomic E-state index is 0.0717. The molecule has 5 aromatic carbocycles. The van der Waals surface area contributed by atoms with Crippen molar-refractivity contribution in [2.24, 2.45) is 17.6 Å². The monoisotopic (exact) mass is 937 g/mol. The fraction of sp³-hybridized carbons (Fsp3) is 0.367. The largest absolute Gasteiger partial charge is 0.508 e. The standard InChI is InChI=1S/C60H63N3O7/c61-58-31-43-17-13-38(11-12-39-15-21-55(66)44(25-39)26-41-6-3-8-49(64)27-41)5-4-9-51-32-50(65)20-14-40-16-22-56(67)57(28-40)70-35-46-30-48(29-45-33-63(34-52(45)46)59(62-58)53(43)37-69-51)60-23-24-68-36-47(60)19-18-42-7-1-2-10-54(42)60/h1-3,6-8,10,15-16,21-22,25,27-31,33-34,38,47,50-51,58,62,64-67H,4-5,9,11-12,14,18-20,23-24,26,32,35-37,61H2. The molecule has 6 atom stereocenters. The average molecular weight is 938 g/mol. The number of nitrogens with two attached hydrogens (primary N) is 1. The maximum atomic E-state index is 11.6. The third-order valence-electron chi connectivity index (χ3n) is 15.7. The van der Waals surface area contributed by atoms with Gasteiger partial charge in [-0.25, -0.2) is 0 Å². The highest BCUT2D eigenvalue weighted by Crippen LogP contribution is 2.52. The van der Waals surface area contributed by atoms with E-state index in [-0.39, 0.29) is 47.9 Å². The number of phenolic OH excluding ortho intramolecular Hbond substituents is 3. The molecular formula is C60H63N3O7. The summed E-state index contributed by atoms with van der Waals surface area (Å²) >= 11 is 0. The maximum absolute atomic E-state index is 11.6. The predicted octanol–water partition coefficient (Wildman–Crippen LogP) is 9.70. The van der Waals surface area contributed by atoms with Crippen LogP contribution in [0.3, 0.4) is 0 Å². The summed E-state index contributed by atoms with van der Waals surface area (Å²) in [6.45, 7) is 1.91. The first-order valence-corrected chi connectivity index (χ1v) is 25.3. The highest BCUT2D eigenvalue weighted by Gasteiger charge is 2.47. The topological polar surface area (TPSA) is 152 Å². The molecule has 10 nitrogen and oxygen atoms in total. The van der Waals surface area contributed by atoms with E-state index in [0.717, 1.165) is 107 Å². The fourth-order valence-corrected chi connectivity index (χ4v) is 12.0. The Kier molecular flexibility index (Phi) is 12.9. The minimum Gasteiger partial charge on any atom is -0.508 e. The second kappa shape index (κ2) is 19.7. The number of dihydropyridines is 1. The molecule has 1 saturated heterocycles. The van der Waals surface area contributed by atoms with Gasteiger partial charge < -0.3 is 50.3 Å². The highest BCUT2D eigenvalue weighted by molar-refractivity contribution is 5.88. The van der Waals surface area contributed by atoms with Gasteiger partial charge in [-0.3, -0.25) is 0 Å². The van der Waals surface area contributed by atoms with Crippen LogP contribution in [-0.2, 0) is 47.2 Å². The van der Waals surface area contributed by atoms with Crippen LogP contribution in [0.5, 0.6) is 23.0 Å². The molecular weight excluding hydrogens is 875 g/mol. The number of hydrogen-bond acceptors (Lipinski definition) is 9. The van der Waals surface area contributed by atoms with E-state index in [1.165, 1.54) is 16.7 Å². The summed E-state index contributed by atoms with van der Waals surface area (Å²) in [7, 11) is 0. The molecule has 5 heterocycles. The van der Waals surface area contributed by atoms with Gasteiger partial charge in [-0.05, 0) is 164 Å². The number of aromatic nitrogens is 1. The van der Waals surface area contributed by atoms with Gasteiger partial charge >= 0.3 is 0 Å². The van der Waals surface area contributed by atoms with Gasteiger partial charge in [0.05, 0.1) is 31.6 Å². The lowest BCUT2D eigenvalue weighted by molar-refractivity contribution is 0.00498. The van der Waals surface area contributed by atoms with Gasteiger partial charge in [0, 0.05) is 58.7 Å². The summed E-state index contributed by atoms with van der Waals surface area (Å²) in [4.78, 5) is 0. The van der Waals surface area contributed by atoms with Gasteiger partial charge in [0.15, 0.2) is 11.5 Å². The van der Waals surface area contributed by atoms with Gasteiger partial charge in [-0.15, -0.1) is 0 Å². The summed E-state index contributed by atoms with van der Waals surface area (Å²) in [6, 6.07) is 32.2. The van der Waals surface area contributed by atoms with Crippen molar-refractivity contribution in [3.05, 3.63) is 171 Å². The number of hydrogen-bond donors (Lipinski definition) is 6. The van der Waals surface area contributed by atoms with E-state index >= 15 is 0 Å². The zero-order valence-electron chi connectivity index (χ0n) is 39.7. The van der Waals surface area contributed by atoms with Crippen LogP contribution < -0.4 is 15.8 Å². The van der Waals surface area contributed by atoms with Crippen LogP contribution in [-0.4, -0.2) is 63.2 Å². The third kappa shape index (κ3) is 9.44. The normalized spacial score (nSPS) is 24.7. The van der Waals surface area contributed by atoms with E-state index in [0.29, 0.717) is 50.6 Å². The quantitative estimate of drug-likeness (QED) is 0.0898. The number of aliphatic hydroxyl groups excluding tert-OH is 1. The van der Waals surface area contributed by atoms with Crippen LogP contribution in [0.4, 0.5) is 0 Å². The fourth-order valence-electron chi connectivity index (χ4n) is 12.0. The number of fused-ring (bicyclic) bond motifs is 9. The van der Waals surface area contributed by atoms with Gasteiger partial charge in [0.25, 0.3) is 0 Å². The molecule has 0 radical (unpaired) electrons. The number of ether oxygens (including phenoxy) is 3. The molecule has 7 N–H and O–H groups in total. The Labute approximate surface area is 410 Å². The first-order chi connectivity index (χ1) is 34.1. The summed E-state index contributed by atoms with van der Waals surface area (Å²) in [6.07, 6.45) is 14.2. The summed E-state index contributed by atoms with van der Waals surface area (Å²) in [5.74, 6) is 9.47. The Morgan fingerprint density at radius 3 is 2.64 bits per heavy atom. The van der Waals surface area contributed by atoms with Crippen LogP contribution in [0, 0.1) is 23.7 Å². The number of aryl methyl sites for hydroxylation is 3. The number of rotatable bonds is 6. The molecule has 0 saturated carbocycles. The van der Waals surface area contributed by atoms with Crippen molar-refractivity contribution < 1.29 is 34.6 Å². The van der Waals surface area contributed by atoms with E-state index in [9.17, 15) is 20.4 Å². The molecule has 4 aliphatic heterocycles. The Balaban J connectivity index is 0.993. The second-order valence-electron chi connectivity index (χ2n) is 20.3. The Morgan fingerprint density at radius 1 is 0.829 bits per heavy atom. The molecule has 6 aromatic rings. The molecule has 0 amide bonds. The van der Waals surface area contributed by atoms with E-state index in [1.54, 1.807) is 24.3 Å². The number of aromatic hydroxyl groups is 3. The summed E-state index contributed by atoms with van der Waals surface area (Å²) < 4.78 is 21.9. The zero-order valence-corrected chi connectivity index (χ0v) is 39.7. The number of nitrogens with one attached hydrogen (secondary N) is 1. The van der Waals surface area contributed by atoms with Crippen molar-refractivity contribution >= 4 is 16.6 Å². The first-order valence-electron chi connectivity index (χ1n) is 25.3. The molecule has 1 aliphatic carbocycles. The zero-order chi connectivity index (χ0) is 47.8. The van der Waals surface area contributed by atoms with Crippen LogP contribution in [0.1, 0.15) is 95.9 Å². The average Bonchev–Trinajstić information content (AvgIpc) is 3.79. The molecule has 5 aliphatic rings. The minimum atomic E-state index is -0.606. The van der Waals surface area contributed by atoms with Gasteiger partial charge in [-0.1, -0.05) is 72.5 Å². The molecule has 6 bridgehead atoms. The van der Waals surface area contributed by atoms with Crippen LogP contribution in [0.2, 0.25) is 0 Å². The Morgan fingerprint density at radius 2 is 1.73 bits per heavy atom. The number of nitrogens with zero attached hydrogens (tertiary/aromatic N) is 1. The molecule has 70 heavy (non-hydrogen) atoms. The molecule has 1 fully saturated rings. The van der Waals surface area contributed by atoms with E-state index in [2.05, 4.69) is 76.6 Å². The van der Waals surface area contributed by atoms with E-state index in [4.69, 9.17) is 19.9 Å². The molecule has 360 valence electrons. The van der Waals surface area contributed by atoms with Crippen molar-refractivity contribution in [2.75, 3.05) is 19.8 Å². The van der Waals surface area contributed by atoms with Crippen LogP contribution in [0.15, 0.2) is 127 Å². The van der Waals surface area contributed by atoms with Crippen molar-refractivity contribution in [1.29, 1.82) is 0 Å². The first kappa shape index (κ1) is 45.9. The van der Waals surface area contributed by atoms with Crippen molar-refractivity contribution in [1.82, 2.24) is 9.88 Å². The molecule has 11 rings (SSSR count). The van der Waals surface area contributed by atoms with E-state index < -0.39 is 12.3 Å². The molecule has 1 aromatic heterocycles. The predicted molar refractivity (Wildman–Crippen MR) is 272 cm³/mol. The lowest BCUT2D eigenvalue weighted by Gasteiger charge is -2.49. The third-order valence-corrected chi connectivity index (χ3v) is 15.7. The molecule has 6 unspecified atom stereocenters. The SMILES string of the molecule is NC1C=C2C#CC(CCc3ccc(O)c(Cc4cccc(O)c4)c3)CCCC3CC(O)CCc4ccc(O)c(c4)OCc4cc(C56CCOCC5CCc5ccccc56)cc5cn(cc45)C(=C2CO3)N1. The molecule has 0 spiro atoms. The van der Waals surface area contributed by atoms with Crippen molar-refractivity contribution in [2.45, 2.75) is 107 Å². The van der Waals surface area contributed by atoms with Gasteiger partial charge in [0.1, 0.15) is 23.9 Å². The number of benzene rings is 5. The number of aliphatic hydroxyl groups is 1. The van der Waals surface area contributed by atoms with Gasteiger partial charge in [-0.2, -0.15) is 0 Å². The smallest absolute Gasteiger partial charge is 0.161 e.